The number of alkyl halides is 3. The Labute approximate surface area is 179 Å². The number of ether oxygens (including phenoxy) is 1. The zero-order chi connectivity index (χ0) is 23.2. The summed E-state index contributed by atoms with van der Waals surface area (Å²) in [4.78, 5) is 15.8. The molecule has 12 heteroatoms. The van der Waals surface area contributed by atoms with Crippen molar-refractivity contribution in [3.63, 3.8) is 0 Å². The first kappa shape index (κ1) is 22.2. The van der Waals surface area contributed by atoms with Gasteiger partial charge in [0.15, 0.2) is 0 Å². The molecule has 1 N–H and O–H groups in total. The van der Waals surface area contributed by atoms with Gasteiger partial charge in [-0.15, -0.1) is 0 Å². The molecule has 0 spiro atoms. The first-order valence-electron chi connectivity index (χ1n) is 10.1. The summed E-state index contributed by atoms with van der Waals surface area (Å²) in [5.74, 6) is -3.63. The van der Waals surface area contributed by atoms with E-state index in [1.807, 2.05) is 6.92 Å². The highest BCUT2D eigenvalue weighted by Crippen LogP contribution is 2.37. The Morgan fingerprint density at radius 2 is 2.09 bits per heavy atom. The lowest BCUT2D eigenvalue weighted by Gasteiger charge is -2.25. The van der Waals surface area contributed by atoms with Gasteiger partial charge in [0.2, 0.25) is 5.89 Å². The van der Waals surface area contributed by atoms with Crippen LogP contribution in [0.15, 0.2) is 16.7 Å². The molecule has 0 saturated carbocycles. The molecule has 1 saturated heterocycles. The second-order valence-corrected chi connectivity index (χ2v) is 8.12. The van der Waals surface area contributed by atoms with Gasteiger partial charge in [-0.2, -0.15) is 27.9 Å². The lowest BCUT2D eigenvalue weighted by atomic mass is 9.93. The number of fused-ring (bicyclic) bond motifs is 1. The highest BCUT2D eigenvalue weighted by molar-refractivity contribution is 5.92. The van der Waals surface area contributed by atoms with E-state index in [2.05, 4.69) is 25.3 Å². The van der Waals surface area contributed by atoms with Crippen LogP contribution < -0.4 is 10.1 Å². The van der Waals surface area contributed by atoms with Gasteiger partial charge in [0, 0.05) is 12.0 Å². The topological polar surface area (TPSA) is 95.1 Å². The zero-order valence-corrected chi connectivity index (χ0v) is 17.5. The highest BCUT2D eigenvalue weighted by Gasteiger charge is 2.42. The van der Waals surface area contributed by atoms with Crippen molar-refractivity contribution < 1.29 is 31.6 Å². The highest BCUT2D eigenvalue weighted by atomic mass is 19.4. The number of aromatic nitrogens is 4. The van der Waals surface area contributed by atoms with Gasteiger partial charge in [-0.3, -0.25) is 0 Å². The molecule has 1 aliphatic heterocycles. The first-order chi connectivity index (χ1) is 15.1. The van der Waals surface area contributed by atoms with E-state index in [0.717, 1.165) is 36.2 Å². The van der Waals surface area contributed by atoms with Crippen LogP contribution in [0.4, 0.5) is 17.6 Å². The van der Waals surface area contributed by atoms with Crippen molar-refractivity contribution in [3.05, 3.63) is 29.5 Å². The van der Waals surface area contributed by atoms with E-state index in [1.165, 1.54) is 0 Å². The summed E-state index contributed by atoms with van der Waals surface area (Å²) < 4.78 is 64.1. The standard InChI is InChI=1S/C20H21F4N5O3/c1-9(2)15-14-13(31-18(30)20(22,23)24)5-4-12(21)16(14)29(27-15)19-26-17(32-28-19)11-6-7-25-10(3)8-11/h4-5,9-11,25H,6-8H2,1-3H3. The summed E-state index contributed by atoms with van der Waals surface area (Å²) in [5.41, 5.74) is 0.0264. The summed E-state index contributed by atoms with van der Waals surface area (Å²) in [6.45, 7) is 6.28. The van der Waals surface area contributed by atoms with Gasteiger partial charge in [-0.05, 0) is 49.5 Å². The Morgan fingerprint density at radius 1 is 1.34 bits per heavy atom. The molecule has 2 aromatic heterocycles. The number of carbonyl (C=O) groups excluding carboxylic acids is 1. The van der Waals surface area contributed by atoms with E-state index >= 15 is 0 Å². The summed E-state index contributed by atoms with van der Waals surface area (Å²) in [6, 6.07) is 2.14. The molecule has 4 rings (SSSR count). The molecule has 2 unspecified atom stereocenters. The third-order valence-electron chi connectivity index (χ3n) is 5.34. The fraction of sp³-hybridized carbons (Fsp3) is 0.500. The van der Waals surface area contributed by atoms with Gasteiger partial charge in [-0.1, -0.05) is 13.8 Å². The second-order valence-electron chi connectivity index (χ2n) is 8.12. The number of halogens is 4. The molecule has 0 radical (unpaired) electrons. The molecule has 8 nitrogen and oxygen atoms in total. The van der Waals surface area contributed by atoms with Crippen molar-refractivity contribution in [2.75, 3.05) is 6.54 Å². The molecule has 3 aromatic rings. The van der Waals surface area contributed by atoms with E-state index in [-0.39, 0.29) is 40.4 Å². The van der Waals surface area contributed by atoms with E-state index in [4.69, 9.17) is 4.52 Å². The summed E-state index contributed by atoms with van der Waals surface area (Å²) in [7, 11) is 0. The Hall–Kier alpha value is -3.02. The molecule has 172 valence electrons. The molecule has 32 heavy (non-hydrogen) atoms. The SMILES string of the molecule is CC1CC(c2nc(-n3nc(C(C)C)c4c(OC(=O)C(F)(F)F)ccc(F)c43)no2)CCN1. The fourth-order valence-corrected chi connectivity index (χ4v) is 3.84. The van der Waals surface area contributed by atoms with Gasteiger partial charge in [0.25, 0.3) is 5.95 Å². The van der Waals surface area contributed by atoms with Crippen molar-refractivity contribution >= 4 is 16.9 Å². The van der Waals surface area contributed by atoms with E-state index in [0.29, 0.717) is 5.89 Å². The van der Waals surface area contributed by atoms with Gasteiger partial charge in [-0.25, -0.2) is 9.18 Å². The van der Waals surface area contributed by atoms with Crippen LogP contribution in [0.25, 0.3) is 16.9 Å². The Kier molecular flexibility index (Phi) is 5.65. The summed E-state index contributed by atoms with van der Waals surface area (Å²) >= 11 is 0. The maximum atomic E-state index is 14.9. The van der Waals surface area contributed by atoms with E-state index in [9.17, 15) is 22.4 Å². The van der Waals surface area contributed by atoms with Crippen LogP contribution in [0, 0.1) is 5.82 Å². The number of benzene rings is 1. The minimum Gasteiger partial charge on any atom is -0.419 e. The molecule has 1 fully saturated rings. The molecular formula is C20H21F4N5O3. The molecule has 1 aromatic carbocycles. The number of hydrogen-bond acceptors (Lipinski definition) is 7. The maximum Gasteiger partial charge on any atom is 0.491 e. The minimum absolute atomic E-state index is 0.0204. The number of hydrogen-bond donors (Lipinski definition) is 1. The molecule has 2 atom stereocenters. The lowest BCUT2D eigenvalue weighted by molar-refractivity contribution is -0.189. The van der Waals surface area contributed by atoms with Gasteiger partial charge in [0.1, 0.15) is 17.1 Å². The average Bonchev–Trinajstić information content (AvgIpc) is 3.35. The molecule has 3 heterocycles. The average molecular weight is 455 g/mol. The maximum absolute atomic E-state index is 14.9. The normalized spacial score (nSPS) is 19.6. The largest absolute Gasteiger partial charge is 0.491 e. The number of piperidine rings is 1. The predicted octanol–water partition coefficient (Wildman–Crippen LogP) is 3.99. The predicted molar refractivity (Wildman–Crippen MR) is 104 cm³/mol. The molecule has 0 bridgehead atoms. The number of esters is 1. The van der Waals surface area contributed by atoms with Gasteiger partial charge >= 0.3 is 12.1 Å². The summed E-state index contributed by atoms with van der Waals surface area (Å²) in [6.07, 6.45) is -3.64. The Morgan fingerprint density at radius 3 is 2.75 bits per heavy atom. The van der Waals surface area contributed by atoms with E-state index < -0.39 is 23.7 Å². The van der Waals surface area contributed by atoms with Crippen molar-refractivity contribution in [2.45, 2.75) is 57.7 Å². The van der Waals surface area contributed by atoms with Crippen LogP contribution in [-0.4, -0.2) is 44.7 Å². The molecule has 0 aliphatic carbocycles. The van der Waals surface area contributed by atoms with Crippen LogP contribution in [0.3, 0.4) is 0 Å². The minimum atomic E-state index is -5.21. The van der Waals surface area contributed by atoms with E-state index in [1.54, 1.807) is 13.8 Å². The monoisotopic (exact) mass is 455 g/mol. The quantitative estimate of drug-likeness (QED) is 0.361. The van der Waals surface area contributed by atoms with Crippen LogP contribution in [-0.2, 0) is 4.79 Å². The van der Waals surface area contributed by atoms with Crippen LogP contribution in [0.2, 0.25) is 0 Å². The van der Waals surface area contributed by atoms with Crippen molar-refractivity contribution in [3.8, 4) is 11.7 Å². The molecule has 1 aliphatic rings. The smallest absolute Gasteiger partial charge is 0.419 e. The molecular weight excluding hydrogens is 434 g/mol. The Bertz CT molecular complexity index is 1150. The third-order valence-corrected chi connectivity index (χ3v) is 5.34. The fourth-order valence-electron chi connectivity index (χ4n) is 3.84. The second kappa shape index (κ2) is 8.15. The van der Waals surface area contributed by atoms with Crippen molar-refractivity contribution in [1.29, 1.82) is 0 Å². The van der Waals surface area contributed by atoms with Crippen LogP contribution in [0.5, 0.6) is 5.75 Å². The summed E-state index contributed by atoms with van der Waals surface area (Å²) in [5, 5.41) is 11.5. The zero-order valence-electron chi connectivity index (χ0n) is 17.5. The number of carbonyl (C=O) groups is 1. The molecule has 0 amide bonds. The number of nitrogens with zero attached hydrogens (tertiary/aromatic N) is 4. The first-order valence-corrected chi connectivity index (χ1v) is 10.1. The van der Waals surface area contributed by atoms with Crippen LogP contribution >= 0.6 is 0 Å². The Balaban J connectivity index is 1.81. The van der Waals surface area contributed by atoms with Crippen molar-refractivity contribution in [1.82, 2.24) is 25.2 Å². The van der Waals surface area contributed by atoms with Gasteiger partial charge < -0.3 is 14.6 Å². The third kappa shape index (κ3) is 4.06. The van der Waals surface area contributed by atoms with Gasteiger partial charge in [0.05, 0.1) is 11.1 Å². The number of rotatable bonds is 4. The lowest BCUT2D eigenvalue weighted by Crippen LogP contribution is -2.34. The number of nitrogens with one attached hydrogen (secondary N) is 1. The van der Waals surface area contributed by atoms with Crippen molar-refractivity contribution in [2.24, 2.45) is 0 Å². The van der Waals surface area contributed by atoms with Crippen LogP contribution in [0.1, 0.15) is 57.0 Å².